The van der Waals surface area contributed by atoms with Crippen LogP contribution in [0, 0.1) is 13.8 Å². The molecule has 0 aromatic carbocycles. The number of carbonyl (C=O) groups excluding carboxylic acids is 1. The third kappa shape index (κ3) is 1.58. The van der Waals surface area contributed by atoms with Crippen LogP contribution in [0.25, 0.3) is 5.65 Å². The largest absolute Gasteiger partial charge is 0.465 e. The highest BCUT2D eigenvalue weighted by atomic mass is 16.5. The van der Waals surface area contributed by atoms with Crippen molar-refractivity contribution in [2.24, 2.45) is 0 Å². The summed E-state index contributed by atoms with van der Waals surface area (Å²) in [6.07, 6.45) is 3.61. The first-order valence-electron chi connectivity index (χ1n) is 4.66. The molecule has 0 aliphatic heterocycles. The fourth-order valence-electron chi connectivity index (χ4n) is 1.62. The van der Waals surface area contributed by atoms with Gasteiger partial charge >= 0.3 is 5.97 Å². The number of carbonyl (C=O) groups is 1. The summed E-state index contributed by atoms with van der Waals surface area (Å²) in [6.45, 7) is 3.85. The molecule has 0 unspecified atom stereocenters. The van der Waals surface area contributed by atoms with E-state index in [4.69, 9.17) is 0 Å². The summed E-state index contributed by atoms with van der Waals surface area (Å²) in [5, 5.41) is 0. The van der Waals surface area contributed by atoms with Gasteiger partial charge < -0.3 is 9.14 Å². The summed E-state index contributed by atoms with van der Waals surface area (Å²) in [7, 11) is 1.38. The van der Waals surface area contributed by atoms with Gasteiger partial charge in [-0.1, -0.05) is 0 Å². The summed E-state index contributed by atoms with van der Waals surface area (Å²) in [6, 6.07) is 1.79. The zero-order valence-corrected chi connectivity index (χ0v) is 8.94. The monoisotopic (exact) mass is 204 g/mol. The van der Waals surface area contributed by atoms with Gasteiger partial charge in [-0.2, -0.15) is 0 Å². The Labute approximate surface area is 87.5 Å². The van der Waals surface area contributed by atoms with Gasteiger partial charge in [-0.15, -0.1) is 0 Å². The molecule has 2 rings (SSSR count). The van der Waals surface area contributed by atoms with Crippen molar-refractivity contribution in [3.05, 3.63) is 35.3 Å². The maximum atomic E-state index is 11.4. The van der Waals surface area contributed by atoms with Crippen LogP contribution in [0.2, 0.25) is 0 Å². The molecular formula is C11H12N2O2. The van der Waals surface area contributed by atoms with Gasteiger partial charge in [0.2, 0.25) is 0 Å². The van der Waals surface area contributed by atoms with Crippen LogP contribution in [-0.2, 0) is 4.74 Å². The number of aryl methyl sites for hydroxylation is 2. The molecule has 0 N–H and O–H groups in total. The number of aromatic nitrogens is 2. The Hall–Kier alpha value is -1.84. The van der Waals surface area contributed by atoms with Crippen LogP contribution >= 0.6 is 0 Å². The molecule has 0 atom stereocenters. The van der Waals surface area contributed by atoms with Crippen LogP contribution < -0.4 is 0 Å². The Balaban J connectivity index is 2.66. The number of imidazole rings is 1. The Morgan fingerprint density at radius 1 is 1.40 bits per heavy atom. The van der Waals surface area contributed by atoms with E-state index in [1.54, 1.807) is 12.3 Å². The molecule has 4 nitrogen and oxygen atoms in total. The second kappa shape index (κ2) is 3.38. The predicted molar refractivity (Wildman–Crippen MR) is 56.0 cm³/mol. The standard InChI is InChI=1S/C11H12N2O2/c1-7-4-9(11(14)15-3)6-13-5-8(2)12-10(7)13/h4-6H,1-3H3. The van der Waals surface area contributed by atoms with Crippen LogP contribution in [0.5, 0.6) is 0 Å². The number of methoxy groups -OCH3 is 1. The second-order valence-corrected chi connectivity index (χ2v) is 3.52. The summed E-state index contributed by atoms with van der Waals surface area (Å²) < 4.78 is 6.52. The minimum Gasteiger partial charge on any atom is -0.465 e. The number of rotatable bonds is 1. The summed E-state index contributed by atoms with van der Waals surface area (Å²) in [5.74, 6) is -0.327. The maximum absolute atomic E-state index is 11.4. The quantitative estimate of drug-likeness (QED) is 0.664. The smallest absolute Gasteiger partial charge is 0.339 e. The molecule has 0 fully saturated rings. The first kappa shape index (κ1) is 9.71. The molecule has 0 bridgehead atoms. The topological polar surface area (TPSA) is 43.6 Å². The van der Waals surface area contributed by atoms with Gasteiger partial charge in [0.15, 0.2) is 0 Å². The lowest BCUT2D eigenvalue weighted by Gasteiger charge is -2.02. The van der Waals surface area contributed by atoms with Gasteiger partial charge in [0.05, 0.1) is 18.4 Å². The molecule has 2 heterocycles. The van der Waals surface area contributed by atoms with Crippen LogP contribution in [-0.4, -0.2) is 22.5 Å². The lowest BCUT2D eigenvalue weighted by molar-refractivity contribution is 0.0600. The lowest BCUT2D eigenvalue weighted by atomic mass is 10.2. The van der Waals surface area contributed by atoms with E-state index in [9.17, 15) is 4.79 Å². The number of pyridine rings is 1. The van der Waals surface area contributed by atoms with Crippen molar-refractivity contribution in [1.29, 1.82) is 0 Å². The highest BCUT2D eigenvalue weighted by Gasteiger charge is 2.09. The number of fused-ring (bicyclic) bond motifs is 1. The Morgan fingerprint density at radius 3 is 2.80 bits per heavy atom. The zero-order valence-electron chi connectivity index (χ0n) is 8.94. The van der Waals surface area contributed by atoms with Crippen molar-refractivity contribution in [3.8, 4) is 0 Å². The van der Waals surface area contributed by atoms with E-state index in [0.717, 1.165) is 16.9 Å². The molecule has 2 aromatic heterocycles. The van der Waals surface area contributed by atoms with Crippen LogP contribution in [0.1, 0.15) is 21.6 Å². The average molecular weight is 204 g/mol. The van der Waals surface area contributed by atoms with Crippen molar-refractivity contribution in [3.63, 3.8) is 0 Å². The van der Waals surface area contributed by atoms with Gasteiger partial charge in [-0.05, 0) is 25.5 Å². The van der Waals surface area contributed by atoms with Crippen molar-refractivity contribution >= 4 is 11.6 Å². The van der Waals surface area contributed by atoms with Crippen molar-refractivity contribution in [2.45, 2.75) is 13.8 Å². The van der Waals surface area contributed by atoms with Crippen LogP contribution in [0.15, 0.2) is 18.5 Å². The van der Waals surface area contributed by atoms with Gasteiger partial charge in [0, 0.05) is 12.4 Å². The van der Waals surface area contributed by atoms with Crippen molar-refractivity contribution in [1.82, 2.24) is 9.38 Å². The Kier molecular flexibility index (Phi) is 2.19. The SMILES string of the molecule is COC(=O)c1cc(C)c2nc(C)cn2c1. The number of hydrogen-bond donors (Lipinski definition) is 0. The van der Waals surface area contributed by atoms with Gasteiger partial charge in [-0.25, -0.2) is 9.78 Å². The van der Waals surface area contributed by atoms with Gasteiger partial charge in [0.1, 0.15) is 5.65 Å². The molecule has 78 valence electrons. The third-order valence-electron chi connectivity index (χ3n) is 2.28. The van der Waals surface area contributed by atoms with E-state index in [1.807, 2.05) is 24.4 Å². The zero-order chi connectivity index (χ0) is 11.0. The molecule has 0 saturated heterocycles. The molecular weight excluding hydrogens is 192 g/mol. The first-order valence-corrected chi connectivity index (χ1v) is 4.66. The molecule has 15 heavy (non-hydrogen) atoms. The molecule has 0 saturated carbocycles. The summed E-state index contributed by atoms with van der Waals surface area (Å²) in [4.78, 5) is 15.7. The van der Waals surface area contributed by atoms with E-state index < -0.39 is 0 Å². The molecule has 2 aromatic rings. The van der Waals surface area contributed by atoms with Crippen LogP contribution in [0.3, 0.4) is 0 Å². The molecule has 0 aliphatic carbocycles. The van der Waals surface area contributed by atoms with E-state index in [0.29, 0.717) is 5.56 Å². The number of ether oxygens (including phenoxy) is 1. The highest BCUT2D eigenvalue weighted by molar-refractivity contribution is 5.89. The minimum atomic E-state index is -0.327. The molecule has 0 spiro atoms. The first-order chi connectivity index (χ1) is 7.11. The molecule has 0 aliphatic rings. The van der Waals surface area contributed by atoms with E-state index in [-0.39, 0.29) is 5.97 Å². The molecule has 0 radical (unpaired) electrons. The van der Waals surface area contributed by atoms with Gasteiger partial charge in [0.25, 0.3) is 0 Å². The minimum absolute atomic E-state index is 0.327. The lowest BCUT2D eigenvalue weighted by Crippen LogP contribution is -2.03. The number of esters is 1. The second-order valence-electron chi connectivity index (χ2n) is 3.52. The van der Waals surface area contributed by atoms with Crippen molar-refractivity contribution < 1.29 is 9.53 Å². The highest BCUT2D eigenvalue weighted by Crippen LogP contribution is 2.13. The van der Waals surface area contributed by atoms with E-state index in [2.05, 4.69) is 9.72 Å². The van der Waals surface area contributed by atoms with Crippen LogP contribution in [0.4, 0.5) is 0 Å². The van der Waals surface area contributed by atoms with E-state index in [1.165, 1.54) is 7.11 Å². The van der Waals surface area contributed by atoms with E-state index >= 15 is 0 Å². The fourth-order valence-corrected chi connectivity index (χ4v) is 1.62. The predicted octanol–water partition coefficient (Wildman–Crippen LogP) is 1.74. The number of nitrogens with zero attached hydrogens (tertiary/aromatic N) is 2. The van der Waals surface area contributed by atoms with Gasteiger partial charge in [-0.3, -0.25) is 0 Å². The summed E-state index contributed by atoms with van der Waals surface area (Å²) in [5.41, 5.74) is 3.31. The third-order valence-corrected chi connectivity index (χ3v) is 2.28. The maximum Gasteiger partial charge on any atom is 0.339 e. The Bertz CT molecular complexity index is 529. The Morgan fingerprint density at radius 2 is 2.13 bits per heavy atom. The normalized spacial score (nSPS) is 10.6. The van der Waals surface area contributed by atoms with Crippen molar-refractivity contribution in [2.75, 3.05) is 7.11 Å². The number of hydrogen-bond acceptors (Lipinski definition) is 3. The average Bonchev–Trinajstić information content (AvgIpc) is 2.58. The summed E-state index contributed by atoms with van der Waals surface area (Å²) >= 11 is 0. The molecule has 4 heteroatoms. The fraction of sp³-hybridized carbons (Fsp3) is 0.273. The molecule has 0 amide bonds.